The van der Waals surface area contributed by atoms with Gasteiger partial charge in [0.05, 0.1) is 0 Å². The Morgan fingerprint density at radius 1 is 1.00 bits per heavy atom. The molecule has 154 valence electrons. The van der Waals surface area contributed by atoms with Crippen LogP contribution in [0.1, 0.15) is 18.1 Å². The van der Waals surface area contributed by atoms with Gasteiger partial charge in [0.15, 0.2) is 0 Å². The van der Waals surface area contributed by atoms with Gasteiger partial charge in [-0.25, -0.2) is 0 Å². The highest BCUT2D eigenvalue weighted by Crippen LogP contribution is 2.22. The molecule has 0 atom stereocenters. The Morgan fingerprint density at radius 2 is 1.66 bits per heavy atom. The molecular formula is C23H30N4O2. The second-order valence-electron chi connectivity index (χ2n) is 7.78. The van der Waals surface area contributed by atoms with Crippen molar-refractivity contribution < 1.29 is 9.59 Å². The number of benzene rings is 2. The van der Waals surface area contributed by atoms with Crippen LogP contribution < -0.4 is 15.1 Å². The average molecular weight is 395 g/mol. The number of nitrogens with zero attached hydrogens (tertiary/aromatic N) is 3. The van der Waals surface area contributed by atoms with Crippen molar-refractivity contribution in [2.75, 3.05) is 54.9 Å². The Labute approximate surface area is 173 Å². The van der Waals surface area contributed by atoms with Gasteiger partial charge in [0.25, 0.3) is 0 Å². The van der Waals surface area contributed by atoms with Crippen molar-refractivity contribution in [3.05, 3.63) is 53.6 Å². The molecule has 29 heavy (non-hydrogen) atoms. The summed E-state index contributed by atoms with van der Waals surface area (Å²) in [4.78, 5) is 30.9. The third-order valence-electron chi connectivity index (χ3n) is 5.34. The van der Waals surface area contributed by atoms with Crippen molar-refractivity contribution in [2.24, 2.45) is 0 Å². The molecule has 1 heterocycles. The maximum Gasteiger partial charge on any atom is 0.244 e. The summed E-state index contributed by atoms with van der Waals surface area (Å²) in [6.07, 6.45) is 0. The van der Waals surface area contributed by atoms with Crippen molar-refractivity contribution >= 4 is 28.9 Å². The standard InChI is InChI=1S/C23H30N4O2/c1-17-5-10-22(18(2)15-17)27(19(3)28)16-23(29)24-20-6-8-21(9-7-20)26-13-11-25(4)12-14-26/h5-10,15H,11-14,16H2,1-4H3,(H,24,29). The molecule has 1 fully saturated rings. The third kappa shape index (κ3) is 5.35. The molecule has 2 amide bonds. The van der Waals surface area contributed by atoms with Gasteiger partial charge in [-0.3, -0.25) is 9.59 Å². The molecule has 0 saturated carbocycles. The summed E-state index contributed by atoms with van der Waals surface area (Å²) in [6.45, 7) is 9.55. The SMILES string of the molecule is CC(=O)N(CC(=O)Nc1ccc(N2CCN(C)CC2)cc1)c1ccc(C)cc1C. The third-order valence-corrected chi connectivity index (χ3v) is 5.34. The van der Waals surface area contributed by atoms with Crippen LogP contribution >= 0.6 is 0 Å². The van der Waals surface area contributed by atoms with Gasteiger partial charge in [-0.1, -0.05) is 17.7 Å². The molecule has 1 aliphatic heterocycles. The van der Waals surface area contributed by atoms with E-state index in [-0.39, 0.29) is 18.4 Å². The van der Waals surface area contributed by atoms with Crippen LogP contribution in [-0.2, 0) is 9.59 Å². The molecule has 0 aliphatic carbocycles. The molecular weight excluding hydrogens is 364 g/mol. The van der Waals surface area contributed by atoms with Crippen molar-refractivity contribution in [3.63, 3.8) is 0 Å². The number of anilines is 3. The van der Waals surface area contributed by atoms with Crippen LogP contribution in [0.5, 0.6) is 0 Å². The topological polar surface area (TPSA) is 55.9 Å². The highest BCUT2D eigenvalue weighted by Gasteiger charge is 2.18. The number of amides is 2. The van der Waals surface area contributed by atoms with E-state index in [0.29, 0.717) is 0 Å². The minimum Gasteiger partial charge on any atom is -0.369 e. The molecule has 2 aromatic rings. The highest BCUT2D eigenvalue weighted by molar-refractivity contribution is 6.02. The lowest BCUT2D eigenvalue weighted by atomic mass is 10.1. The van der Waals surface area contributed by atoms with Crippen molar-refractivity contribution in [2.45, 2.75) is 20.8 Å². The van der Waals surface area contributed by atoms with Crippen LogP contribution in [0.25, 0.3) is 0 Å². The van der Waals surface area contributed by atoms with Gasteiger partial charge in [-0.15, -0.1) is 0 Å². The zero-order valence-corrected chi connectivity index (χ0v) is 17.7. The minimum atomic E-state index is -0.215. The Kier molecular flexibility index (Phi) is 6.54. The molecule has 0 spiro atoms. The number of likely N-dealkylation sites (N-methyl/N-ethyl adjacent to an activating group) is 1. The Hall–Kier alpha value is -2.86. The summed E-state index contributed by atoms with van der Waals surface area (Å²) < 4.78 is 0. The summed E-state index contributed by atoms with van der Waals surface area (Å²) in [5.41, 5.74) is 4.77. The van der Waals surface area contributed by atoms with Crippen molar-refractivity contribution in [1.82, 2.24) is 4.90 Å². The molecule has 1 aliphatic rings. The molecule has 0 radical (unpaired) electrons. The van der Waals surface area contributed by atoms with E-state index in [2.05, 4.69) is 22.2 Å². The van der Waals surface area contributed by atoms with Crippen LogP contribution in [0.3, 0.4) is 0 Å². The molecule has 6 nitrogen and oxygen atoms in total. The summed E-state index contributed by atoms with van der Waals surface area (Å²) in [7, 11) is 2.14. The fourth-order valence-electron chi connectivity index (χ4n) is 3.64. The van der Waals surface area contributed by atoms with E-state index in [0.717, 1.165) is 54.4 Å². The summed E-state index contributed by atoms with van der Waals surface area (Å²) in [5.74, 6) is -0.370. The van der Waals surface area contributed by atoms with Gasteiger partial charge in [-0.2, -0.15) is 0 Å². The number of aryl methyl sites for hydroxylation is 2. The minimum absolute atomic E-state index is 0.0144. The van der Waals surface area contributed by atoms with E-state index in [1.54, 1.807) is 0 Å². The summed E-state index contributed by atoms with van der Waals surface area (Å²) in [5, 5.41) is 2.91. The van der Waals surface area contributed by atoms with Gasteiger partial charge in [0, 0.05) is 50.2 Å². The van der Waals surface area contributed by atoms with E-state index >= 15 is 0 Å². The largest absolute Gasteiger partial charge is 0.369 e. The normalized spacial score (nSPS) is 14.6. The van der Waals surface area contributed by atoms with E-state index in [1.165, 1.54) is 11.8 Å². The number of rotatable bonds is 5. The van der Waals surface area contributed by atoms with Gasteiger partial charge >= 0.3 is 0 Å². The molecule has 1 N–H and O–H groups in total. The van der Waals surface area contributed by atoms with E-state index in [9.17, 15) is 9.59 Å². The first-order chi connectivity index (χ1) is 13.8. The number of hydrogen-bond acceptors (Lipinski definition) is 4. The summed E-state index contributed by atoms with van der Waals surface area (Å²) in [6, 6.07) is 13.8. The Morgan fingerprint density at radius 3 is 2.24 bits per heavy atom. The maximum atomic E-state index is 12.6. The van der Waals surface area contributed by atoms with Gasteiger partial charge < -0.3 is 20.0 Å². The molecule has 2 aromatic carbocycles. The second-order valence-corrected chi connectivity index (χ2v) is 7.78. The lowest BCUT2D eigenvalue weighted by Crippen LogP contribution is -2.44. The lowest BCUT2D eigenvalue weighted by molar-refractivity contribution is -0.120. The lowest BCUT2D eigenvalue weighted by Gasteiger charge is -2.34. The number of carbonyl (C=O) groups is 2. The zero-order valence-electron chi connectivity index (χ0n) is 17.7. The smallest absolute Gasteiger partial charge is 0.244 e. The first-order valence-electron chi connectivity index (χ1n) is 10.0. The maximum absolute atomic E-state index is 12.6. The predicted octanol–water partition coefficient (Wildman–Crippen LogP) is 3.05. The predicted molar refractivity (Wildman–Crippen MR) is 119 cm³/mol. The fraction of sp³-hybridized carbons (Fsp3) is 0.391. The summed E-state index contributed by atoms with van der Waals surface area (Å²) >= 11 is 0. The van der Waals surface area contributed by atoms with E-state index in [4.69, 9.17) is 0 Å². The fourth-order valence-corrected chi connectivity index (χ4v) is 3.64. The highest BCUT2D eigenvalue weighted by atomic mass is 16.2. The quantitative estimate of drug-likeness (QED) is 0.847. The van der Waals surface area contributed by atoms with Gasteiger partial charge in [-0.05, 0) is 56.8 Å². The average Bonchev–Trinajstić information content (AvgIpc) is 2.68. The molecule has 0 aromatic heterocycles. The number of hydrogen-bond donors (Lipinski definition) is 1. The van der Waals surface area contributed by atoms with Crippen LogP contribution in [-0.4, -0.2) is 56.5 Å². The second kappa shape index (κ2) is 9.09. The van der Waals surface area contributed by atoms with Crippen LogP contribution in [0, 0.1) is 13.8 Å². The van der Waals surface area contributed by atoms with Gasteiger partial charge in [0.1, 0.15) is 6.54 Å². The van der Waals surface area contributed by atoms with Crippen LogP contribution in [0.15, 0.2) is 42.5 Å². The first-order valence-corrected chi connectivity index (χ1v) is 10.0. The van der Waals surface area contributed by atoms with Gasteiger partial charge in [0.2, 0.25) is 11.8 Å². The molecule has 3 rings (SSSR count). The van der Waals surface area contributed by atoms with Crippen molar-refractivity contribution in [1.29, 1.82) is 0 Å². The van der Waals surface area contributed by atoms with Crippen molar-refractivity contribution in [3.8, 4) is 0 Å². The van der Waals surface area contributed by atoms with Crippen LogP contribution in [0.4, 0.5) is 17.1 Å². The molecule has 0 bridgehead atoms. The molecule has 0 unspecified atom stereocenters. The number of carbonyl (C=O) groups excluding carboxylic acids is 2. The van der Waals surface area contributed by atoms with E-state index < -0.39 is 0 Å². The zero-order chi connectivity index (χ0) is 21.0. The van der Waals surface area contributed by atoms with E-state index in [1.807, 2.05) is 56.3 Å². The van der Waals surface area contributed by atoms with Crippen LogP contribution in [0.2, 0.25) is 0 Å². The monoisotopic (exact) mass is 394 g/mol. The number of piperazine rings is 1. The Bertz CT molecular complexity index is 871. The number of nitrogens with one attached hydrogen (secondary N) is 1. The molecule has 1 saturated heterocycles. The first kappa shape index (κ1) is 20.9. The molecule has 6 heteroatoms. The Balaban J connectivity index is 1.63.